The fourth-order valence-electron chi connectivity index (χ4n) is 4.51. The molecule has 0 aliphatic heterocycles. The van der Waals surface area contributed by atoms with Gasteiger partial charge in [-0.05, 0) is 80.2 Å². The lowest BCUT2D eigenvalue weighted by atomic mass is 10.1. The lowest BCUT2D eigenvalue weighted by molar-refractivity contribution is -0.116. The molecule has 6 nitrogen and oxygen atoms in total. The Hall–Kier alpha value is -2.93. The van der Waals surface area contributed by atoms with Gasteiger partial charge in [-0.2, -0.15) is 0 Å². The first-order valence-corrected chi connectivity index (χ1v) is 12.4. The second kappa shape index (κ2) is 11.3. The predicted octanol–water partition coefficient (Wildman–Crippen LogP) is 5.86. The van der Waals surface area contributed by atoms with Crippen LogP contribution in [0.5, 0.6) is 0 Å². The van der Waals surface area contributed by atoms with Gasteiger partial charge < -0.3 is 15.6 Å². The van der Waals surface area contributed by atoms with E-state index in [-0.39, 0.29) is 11.5 Å². The van der Waals surface area contributed by atoms with Crippen molar-refractivity contribution in [1.29, 1.82) is 0 Å². The summed E-state index contributed by atoms with van der Waals surface area (Å²) in [6.45, 7) is 1.58. The number of H-pyrrole nitrogens is 1. The van der Waals surface area contributed by atoms with Crippen LogP contribution in [0.2, 0.25) is 0 Å². The second-order valence-electron chi connectivity index (χ2n) is 8.90. The molecule has 33 heavy (non-hydrogen) atoms. The molecule has 0 unspecified atom stereocenters. The quantitative estimate of drug-likeness (QED) is 0.259. The van der Waals surface area contributed by atoms with Crippen molar-refractivity contribution < 1.29 is 4.79 Å². The number of benzene rings is 2. The number of carbonyl (C=O) groups is 1. The number of hydrogen-bond donors (Lipinski definition) is 3. The lowest BCUT2D eigenvalue weighted by Crippen LogP contribution is -2.22. The van der Waals surface area contributed by atoms with Crippen molar-refractivity contribution in [2.75, 3.05) is 17.2 Å². The van der Waals surface area contributed by atoms with Crippen LogP contribution in [0.25, 0.3) is 10.9 Å². The number of nitrogens with one attached hydrogen (secondary N) is 3. The Morgan fingerprint density at radius 3 is 2.52 bits per heavy atom. The van der Waals surface area contributed by atoms with Crippen LogP contribution in [-0.2, 0) is 11.3 Å². The van der Waals surface area contributed by atoms with Gasteiger partial charge in [-0.3, -0.25) is 14.2 Å². The summed E-state index contributed by atoms with van der Waals surface area (Å²) in [6.07, 6.45) is 8.24. The summed E-state index contributed by atoms with van der Waals surface area (Å²) in [6, 6.07) is 15.3. The maximum absolute atomic E-state index is 12.7. The molecule has 0 bridgehead atoms. The third-order valence-electron chi connectivity index (χ3n) is 6.41. The number of aromatic amines is 1. The molecule has 0 saturated heterocycles. The average molecular weight is 465 g/mol. The highest BCUT2D eigenvalue weighted by Crippen LogP contribution is 2.25. The van der Waals surface area contributed by atoms with Crippen LogP contribution in [0.3, 0.4) is 0 Å². The molecule has 3 N–H and O–H groups in total. The largest absolute Gasteiger partial charge is 0.385 e. The molecule has 1 aromatic heterocycles. The maximum Gasteiger partial charge on any atom is 0.262 e. The lowest BCUT2D eigenvalue weighted by Gasteiger charge is -2.12. The van der Waals surface area contributed by atoms with E-state index >= 15 is 0 Å². The Balaban J connectivity index is 1.17. The van der Waals surface area contributed by atoms with Gasteiger partial charge in [-0.25, -0.2) is 0 Å². The van der Waals surface area contributed by atoms with E-state index in [0.717, 1.165) is 48.6 Å². The van der Waals surface area contributed by atoms with Crippen LogP contribution in [0.1, 0.15) is 51.4 Å². The highest BCUT2D eigenvalue weighted by atomic mass is 32.1. The first kappa shape index (κ1) is 23.2. The van der Waals surface area contributed by atoms with Gasteiger partial charge in [0.1, 0.15) is 0 Å². The minimum absolute atomic E-state index is 0.0156. The van der Waals surface area contributed by atoms with E-state index < -0.39 is 0 Å². The number of rotatable bonds is 10. The van der Waals surface area contributed by atoms with Gasteiger partial charge >= 0.3 is 0 Å². The van der Waals surface area contributed by atoms with Crippen molar-refractivity contribution in [3.8, 4) is 0 Å². The topological polar surface area (TPSA) is 78.9 Å². The minimum Gasteiger partial charge on any atom is -0.385 e. The monoisotopic (exact) mass is 464 g/mol. The van der Waals surface area contributed by atoms with Crippen molar-refractivity contribution in [3.05, 3.63) is 63.7 Å². The number of fused-ring (bicyclic) bond motifs is 1. The zero-order valence-electron chi connectivity index (χ0n) is 18.9. The molecule has 1 aliphatic rings. The van der Waals surface area contributed by atoms with Gasteiger partial charge in [0, 0.05) is 30.9 Å². The molecule has 1 amide bonds. The third-order valence-corrected chi connectivity index (χ3v) is 6.74. The second-order valence-corrected chi connectivity index (χ2v) is 9.29. The zero-order chi connectivity index (χ0) is 23.0. The number of unbranched alkanes of at least 4 members (excludes halogenated alkanes) is 2. The highest BCUT2D eigenvalue weighted by molar-refractivity contribution is 7.71. The van der Waals surface area contributed by atoms with Gasteiger partial charge in [-0.15, -0.1) is 0 Å². The van der Waals surface area contributed by atoms with Crippen molar-refractivity contribution in [1.82, 2.24) is 9.55 Å². The molecule has 3 aromatic rings. The van der Waals surface area contributed by atoms with Gasteiger partial charge in [0.2, 0.25) is 5.91 Å². The van der Waals surface area contributed by atoms with Crippen molar-refractivity contribution in [2.24, 2.45) is 5.92 Å². The first-order chi connectivity index (χ1) is 16.1. The van der Waals surface area contributed by atoms with Crippen LogP contribution >= 0.6 is 12.2 Å². The molecule has 7 heteroatoms. The van der Waals surface area contributed by atoms with Crippen LogP contribution in [0, 0.1) is 10.7 Å². The molecule has 1 saturated carbocycles. The van der Waals surface area contributed by atoms with Crippen LogP contribution in [0.4, 0.5) is 11.4 Å². The molecule has 174 valence electrons. The zero-order valence-corrected chi connectivity index (χ0v) is 19.8. The van der Waals surface area contributed by atoms with Crippen molar-refractivity contribution >= 4 is 40.4 Å². The van der Waals surface area contributed by atoms with E-state index in [9.17, 15) is 9.59 Å². The molecule has 1 fully saturated rings. The number of nitrogens with zero attached hydrogens (tertiary/aromatic N) is 1. The first-order valence-electron chi connectivity index (χ1n) is 12.0. The van der Waals surface area contributed by atoms with Gasteiger partial charge in [0.05, 0.1) is 10.9 Å². The number of anilines is 2. The summed E-state index contributed by atoms with van der Waals surface area (Å²) in [5.74, 6) is 0.807. The van der Waals surface area contributed by atoms with E-state index in [1.165, 1.54) is 25.7 Å². The van der Waals surface area contributed by atoms with Crippen molar-refractivity contribution in [2.45, 2.75) is 57.9 Å². The van der Waals surface area contributed by atoms with E-state index in [1.807, 2.05) is 48.5 Å². The van der Waals surface area contributed by atoms with Gasteiger partial charge in [-0.1, -0.05) is 31.4 Å². The normalized spacial score (nSPS) is 13.9. The standard InChI is InChI=1S/C26H32N4O2S/c31-24(28-21-15-13-20(14-16-21)27-18-19-8-3-4-9-19)12-2-1-7-17-30-25(32)22-10-5-6-11-23(22)29-26(30)33/h5-6,10-11,13-16,19,27H,1-4,7-9,12,17-18H2,(H,28,31)(H,29,33). The van der Waals surface area contributed by atoms with Crippen LogP contribution < -0.4 is 16.2 Å². The molecular formula is C26H32N4O2S. The summed E-state index contributed by atoms with van der Waals surface area (Å²) in [5, 5.41) is 7.11. The summed E-state index contributed by atoms with van der Waals surface area (Å²) in [7, 11) is 0. The van der Waals surface area contributed by atoms with E-state index in [1.54, 1.807) is 4.57 Å². The molecular weight excluding hydrogens is 432 g/mol. The van der Waals surface area contributed by atoms with E-state index in [0.29, 0.717) is 23.1 Å². The smallest absolute Gasteiger partial charge is 0.262 e. The summed E-state index contributed by atoms with van der Waals surface area (Å²) < 4.78 is 2.05. The molecule has 2 aromatic carbocycles. The third kappa shape index (κ3) is 6.32. The Morgan fingerprint density at radius 1 is 1.00 bits per heavy atom. The molecule has 4 rings (SSSR count). The highest BCUT2D eigenvalue weighted by Gasteiger charge is 2.14. The summed E-state index contributed by atoms with van der Waals surface area (Å²) in [5.41, 5.74) is 2.62. The predicted molar refractivity (Wildman–Crippen MR) is 137 cm³/mol. The van der Waals surface area contributed by atoms with Crippen molar-refractivity contribution in [3.63, 3.8) is 0 Å². The fourth-order valence-corrected chi connectivity index (χ4v) is 4.79. The number of amides is 1. The minimum atomic E-state index is -0.0618. The average Bonchev–Trinajstić information content (AvgIpc) is 3.34. The maximum atomic E-state index is 12.7. The Kier molecular flexibility index (Phi) is 7.94. The Labute approximate surface area is 199 Å². The summed E-state index contributed by atoms with van der Waals surface area (Å²) >= 11 is 5.35. The Morgan fingerprint density at radius 2 is 1.73 bits per heavy atom. The number of para-hydroxylation sites is 1. The molecule has 0 spiro atoms. The van der Waals surface area contributed by atoms with Gasteiger partial charge in [0.15, 0.2) is 4.77 Å². The van der Waals surface area contributed by atoms with Crippen LogP contribution in [0.15, 0.2) is 53.3 Å². The molecule has 0 atom stereocenters. The fraction of sp³-hybridized carbons (Fsp3) is 0.423. The van der Waals surface area contributed by atoms with E-state index in [2.05, 4.69) is 15.6 Å². The number of aromatic nitrogens is 2. The number of carbonyl (C=O) groups excluding carboxylic acids is 1. The van der Waals surface area contributed by atoms with Crippen LogP contribution in [-0.4, -0.2) is 22.0 Å². The molecule has 1 heterocycles. The molecule has 1 aliphatic carbocycles. The van der Waals surface area contributed by atoms with Gasteiger partial charge in [0.25, 0.3) is 5.56 Å². The molecule has 0 radical (unpaired) electrons. The van der Waals surface area contributed by atoms with E-state index in [4.69, 9.17) is 12.2 Å². The SMILES string of the molecule is O=C(CCCCCn1c(=S)[nH]c2ccccc2c1=O)Nc1ccc(NCC2CCCC2)cc1. The summed E-state index contributed by atoms with van der Waals surface area (Å²) in [4.78, 5) is 28.1. The Bertz CT molecular complexity index is 1190. The number of hydrogen-bond acceptors (Lipinski definition) is 4.